The maximum Gasteiger partial charge on any atom is 0.335 e. The Balaban J connectivity index is 1.85. The van der Waals surface area contributed by atoms with Gasteiger partial charge in [0.1, 0.15) is 0 Å². The third-order valence-electron chi connectivity index (χ3n) is 3.96. The van der Waals surface area contributed by atoms with E-state index in [1.165, 1.54) is 12.1 Å². The molecule has 0 aliphatic carbocycles. The molecule has 1 N–H and O–H groups in total. The van der Waals surface area contributed by atoms with Gasteiger partial charge in [-0.3, -0.25) is 4.79 Å². The summed E-state index contributed by atoms with van der Waals surface area (Å²) in [6.45, 7) is 1.81. The molecule has 3 rings (SSSR count). The molecule has 0 fully saturated rings. The highest BCUT2D eigenvalue weighted by atomic mass is 16.4. The van der Waals surface area contributed by atoms with E-state index < -0.39 is 5.97 Å². The summed E-state index contributed by atoms with van der Waals surface area (Å²) in [5.41, 5.74) is 2.16. The van der Waals surface area contributed by atoms with Gasteiger partial charge in [0.25, 0.3) is 0 Å². The molecule has 0 saturated carbocycles. The van der Waals surface area contributed by atoms with Crippen LogP contribution in [-0.4, -0.2) is 34.2 Å². The maximum atomic E-state index is 11.7. The molecule has 132 valence electrons. The second-order valence-electron chi connectivity index (χ2n) is 5.65. The molecule has 3 aromatic rings. The van der Waals surface area contributed by atoms with Crippen molar-refractivity contribution in [2.24, 2.45) is 0 Å². The van der Waals surface area contributed by atoms with Crippen LogP contribution in [0.25, 0.3) is 22.9 Å². The Labute approximate surface area is 149 Å². The van der Waals surface area contributed by atoms with Gasteiger partial charge >= 0.3 is 5.97 Å². The van der Waals surface area contributed by atoms with Crippen molar-refractivity contribution in [3.8, 4) is 22.9 Å². The van der Waals surface area contributed by atoms with Crippen molar-refractivity contribution in [2.75, 3.05) is 11.9 Å². The van der Waals surface area contributed by atoms with Gasteiger partial charge in [0.15, 0.2) is 0 Å². The molecular weight excluding hydrogens is 334 g/mol. The topological polar surface area (TPSA) is 96.5 Å². The van der Waals surface area contributed by atoms with Crippen LogP contribution in [0.4, 0.5) is 5.69 Å². The number of aromatic nitrogens is 2. The van der Waals surface area contributed by atoms with E-state index in [4.69, 9.17) is 9.52 Å². The Morgan fingerprint density at radius 2 is 1.69 bits per heavy atom. The average molecular weight is 351 g/mol. The third kappa shape index (κ3) is 3.46. The number of benzene rings is 2. The van der Waals surface area contributed by atoms with Gasteiger partial charge in [0.05, 0.1) is 5.56 Å². The summed E-state index contributed by atoms with van der Waals surface area (Å²) < 4.78 is 5.66. The van der Waals surface area contributed by atoms with Crippen molar-refractivity contribution in [1.82, 2.24) is 10.2 Å². The summed E-state index contributed by atoms with van der Waals surface area (Å²) in [7, 11) is 1.72. The van der Waals surface area contributed by atoms with E-state index in [0.29, 0.717) is 23.4 Å². The summed E-state index contributed by atoms with van der Waals surface area (Å²) in [5.74, 6) is -0.439. The SMILES string of the molecule is CCC(=O)N(C)c1ccc(-c2nnc(-c3cccc(C(=O)O)c3)o2)cc1. The Morgan fingerprint density at radius 1 is 1.04 bits per heavy atom. The number of carboxylic acids is 1. The van der Waals surface area contributed by atoms with Crippen LogP contribution in [0.5, 0.6) is 0 Å². The molecule has 0 bridgehead atoms. The van der Waals surface area contributed by atoms with Crippen LogP contribution in [0.15, 0.2) is 52.9 Å². The monoisotopic (exact) mass is 351 g/mol. The average Bonchev–Trinajstić information content (AvgIpc) is 3.17. The largest absolute Gasteiger partial charge is 0.478 e. The van der Waals surface area contributed by atoms with E-state index in [1.54, 1.807) is 48.3 Å². The lowest BCUT2D eigenvalue weighted by molar-refractivity contribution is -0.118. The minimum atomic E-state index is -1.02. The van der Waals surface area contributed by atoms with Gasteiger partial charge in [-0.15, -0.1) is 10.2 Å². The van der Waals surface area contributed by atoms with Crippen LogP contribution in [0.2, 0.25) is 0 Å². The first-order valence-corrected chi connectivity index (χ1v) is 8.04. The van der Waals surface area contributed by atoms with Crippen LogP contribution < -0.4 is 4.90 Å². The van der Waals surface area contributed by atoms with Gasteiger partial charge in [0, 0.05) is 30.3 Å². The Hall–Kier alpha value is -3.48. The fourth-order valence-electron chi connectivity index (χ4n) is 2.45. The van der Waals surface area contributed by atoms with Crippen LogP contribution in [-0.2, 0) is 4.79 Å². The van der Waals surface area contributed by atoms with E-state index in [0.717, 1.165) is 5.69 Å². The summed E-state index contributed by atoms with van der Waals surface area (Å²) in [6, 6.07) is 13.5. The first kappa shape index (κ1) is 17.3. The van der Waals surface area contributed by atoms with E-state index >= 15 is 0 Å². The predicted octanol–water partition coefficient (Wildman–Crippen LogP) is 3.47. The summed E-state index contributed by atoms with van der Waals surface area (Å²) in [4.78, 5) is 24.4. The number of amides is 1. The lowest BCUT2D eigenvalue weighted by Gasteiger charge is -2.16. The fourth-order valence-corrected chi connectivity index (χ4v) is 2.45. The summed E-state index contributed by atoms with van der Waals surface area (Å²) >= 11 is 0. The normalized spacial score (nSPS) is 10.5. The zero-order chi connectivity index (χ0) is 18.7. The number of hydrogen-bond donors (Lipinski definition) is 1. The molecule has 0 aliphatic rings. The number of hydrogen-bond acceptors (Lipinski definition) is 5. The molecule has 0 saturated heterocycles. The molecule has 1 amide bonds. The number of nitrogens with zero attached hydrogens (tertiary/aromatic N) is 3. The lowest BCUT2D eigenvalue weighted by atomic mass is 10.1. The van der Waals surface area contributed by atoms with E-state index in [9.17, 15) is 9.59 Å². The molecule has 1 aromatic heterocycles. The second-order valence-corrected chi connectivity index (χ2v) is 5.65. The van der Waals surface area contributed by atoms with Crippen molar-refractivity contribution in [2.45, 2.75) is 13.3 Å². The predicted molar refractivity (Wildman–Crippen MR) is 95.8 cm³/mol. The first-order valence-electron chi connectivity index (χ1n) is 8.04. The zero-order valence-electron chi connectivity index (χ0n) is 14.3. The maximum absolute atomic E-state index is 11.7. The van der Waals surface area contributed by atoms with Crippen LogP contribution in [0.3, 0.4) is 0 Å². The second kappa shape index (κ2) is 7.18. The van der Waals surface area contributed by atoms with Crippen molar-refractivity contribution < 1.29 is 19.1 Å². The molecule has 7 nitrogen and oxygen atoms in total. The van der Waals surface area contributed by atoms with Gasteiger partial charge < -0.3 is 14.4 Å². The van der Waals surface area contributed by atoms with E-state index in [2.05, 4.69) is 10.2 Å². The first-order chi connectivity index (χ1) is 12.5. The molecule has 0 unspecified atom stereocenters. The molecule has 0 aliphatic heterocycles. The Bertz CT molecular complexity index is 947. The lowest BCUT2D eigenvalue weighted by Crippen LogP contribution is -2.24. The molecule has 0 atom stereocenters. The summed E-state index contributed by atoms with van der Waals surface area (Å²) in [5, 5.41) is 17.1. The van der Waals surface area contributed by atoms with Gasteiger partial charge in [-0.25, -0.2) is 4.79 Å². The number of anilines is 1. The molecule has 7 heteroatoms. The van der Waals surface area contributed by atoms with Crippen LogP contribution >= 0.6 is 0 Å². The quantitative estimate of drug-likeness (QED) is 0.756. The molecule has 2 aromatic carbocycles. The zero-order valence-corrected chi connectivity index (χ0v) is 14.3. The minimum absolute atomic E-state index is 0.0242. The van der Waals surface area contributed by atoms with E-state index in [1.807, 2.05) is 6.92 Å². The highest BCUT2D eigenvalue weighted by Gasteiger charge is 2.14. The Kier molecular flexibility index (Phi) is 4.79. The van der Waals surface area contributed by atoms with Gasteiger partial charge in [-0.05, 0) is 42.5 Å². The van der Waals surface area contributed by atoms with E-state index in [-0.39, 0.29) is 17.4 Å². The molecule has 0 spiro atoms. The van der Waals surface area contributed by atoms with Crippen molar-refractivity contribution in [3.63, 3.8) is 0 Å². The van der Waals surface area contributed by atoms with Crippen LogP contribution in [0, 0.1) is 0 Å². The van der Waals surface area contributed by atoms with Gasteiger partial charge in [-0.2, -0.15) is 0 Å². The molecule has 1 heterocycles. The molecule has 0 radical (unpaired) electrons. The number of rotatable bonds is 5. The van der Waals surface area contributed by atoms with Crippen LogP contribution in [0.1, 0.15) is 23.7 Å². The van der Waals surface area contributed by atoms with Gasteiger partial charge in [0.2, 0.25) is 17.7 Å². The number of aromatic carboxylic acids is 1. The minimum Gasteiger partial charge on any atom is -0.478 e. The smallest absolute Gasteiger partial charge is 0.335 e. The van der Waals surface area contributed by atoms with Crippen molar-refractivity contribution in [1.29, 1.82) is 0 Å². The fraction of sp³-hybridized carbons (Fsp3) is 0.158. The van der Waals surface area contributed by atoms with Crippen molar-refractivity contribution >= 4 is 17.6 Å². The van der Waals surface area contributed by atoms with Crippen molar-refractivity contribution in [3.05, 3.63) is 54.1 Å². The molecular formula is C19H17N3O4. The number of carbonyl (C=O) groups excluding carboxylic acids is 1. The molecule has 26 heavy (non-hydrogen) atoms. The standard InChI is InChI=1S/C19H17N3O4/c1-3-16(23)22(2)15-9-7-12(8-10-15)17-20-21-18(26-17)13-5-4-6-14(11-13)19(24)25/h4-11H,3H2,1-2H3,(H,24,25). The number of carboxylic acid groups (broad SMARTS) is 1. The highest BCUT2D eigenvalue weighted by Crippen LogP contribution is 2.26. The number of carbonyl (C=O) groups is 2. The third-order valence-corrected chi connectivity index (χ3v) is 3.96. The van der Waals surface area contributed by atoms with Gasteiger partial charge in [-0.1, -0.05) is 13.0 Å². The summed E-state index contributed by atoms with van der Waals surface area (Å²) in [6.07, 6.45) is 0.431. The Morgan fingerprint density at radius 3 is 2.31 bits per heavy atom. The highest BCUT2D eigenvalue weighted by molar-refractivity contribution is 5.92.